The Morgan fingerprint density at radius 3 is 2.38 bits per heavy atom. The average Bonchev–Trinajstić information content (AvgIpc) is 2.11. The summed E-state index contributed by atoms with van der Waals surface area (Å²) in [6.07, 6.45) is 1.77. The fourth-order valence-corrected chi connectivity index (χ4v) is 3.04. The molecule has 0 radical (unpaired) electrons. The summed E-state index contributed by atoms with van der Waals surface area (Å²) in [5.74, 6) is 0.201. The minimum atomic E-state index is -2.94. The second-order valence-corrected chi connectivity index (χ2v) is 7.78. The molecule has 1 rings (SSSR count). The van der Waals surface area contributed by atoms with Crippen molar-refractivity contribution in [3.8, 4) is 0 Å². The predicted octanol–water partition coefficient (Wildman–Crippen LogP) is 0.656. The summed E-state index contributed by atoms with van der Waals surface area (Å²) in [4.78, 5) is 2.01. The fraction of sp³-hybridized carbons (Fsp3) is 1.00. The zero-order valence-electron chi connectivity index (χ0n) is 10.4. The van der Waals surface area contributed by atoms with Gasteiger partial charge in [0.25, 0.3) is 0 Å². The molecule has 0 aliphatic carbocycles. The minimum Gasteiger partial charge on any atom is -0.387 e. The van der Waals surface area contributed by atoms with Crippen LogP contribution in [0.15, 0.2) is 0 Å². The molecule has 0 saturated carbocycles. The maximum absolute atomic E-state index is 11.6. The lowest BCUT2D eigenvalue weighted by Crippen LogP contribution is -2.62. The van der Waals surface area contributed by atoms with Crippen LogP contribution in [0.2, 0.25) is 0 Å². The van der Waals surface area contributed by atoms with E-state index in [0.29, 0.717) is 19.6 Å². The van der Waals surface area contributed by atoms with Crippen molar-refractivity contribution in [1.29, 1.82) is 0 Å². The van der Waals surface area contributed by atoms with Crippen LogP contribution in [-0.4, -0.2) is 54.7 Å². The highest BCUT2D eigenvalue weighted by molar-refractivity contribution is 7.92. The van der Waals surface area contributed by atoms with Crippen molar-refractivity contribution < 1.29 is 13.5 Å². The van der Waals surface area contributed by atoms with Crippen molar-refractivity contribution in [3.63, 3.8) is 0 Å². The van der Waals surface area contributed by atoms with Crippen molar-refractivity contribution in [2.75, 3.05) is 25.4 Å². The summed E-state index contributed by atoms with van der Waals surface area (Å²) in [6, 6.07) is 0. The third-order valence-electron chi connectivity index (χ3n) is 3.16. The molecule has 0 amide bonds. The highest BCUT2D eigenvalue weighted by Crippen LogP contribution is 2.25. The molecule has 0 aromatic rings. The predicted molar refractivity (Wildman–Crippen MR) is 65.2 cm³/mol. The average molecular weight is 249 g/mol. The summed E-state index contributed by atoms with van der Waals surface area (Å²) in [5.41, 5.74) is -0.559. The minimum absolute atomic E-state index is 0.201. The Kier molecular flexibility index (Phi) is 4.37. The maximum Gasteiger partial charge on any atom is 0.153 e. The number of rotatable bonds is 6. The first kappa shape index (κ1) is 13.9. The van der Waals surface area contributed by atoms with Crippen molar-refractivity contribution in [3.05, 3.63) is 0 Å². The van der Waals surface area contributed by atoms with E-state index >= 15 is 0 Å². The van der Waals surface area contributed by atoms with E-state index in [9.17, 15) is 13.5 Å². The molecule has 5 heteroatoms. The molecule has 0 atom stereocenters. The third-order valence-corrected chi connectivity index (χ3v) is 5.35. The molecule has 1 heterocycles. The first-order chi connectivity index (χ1) is 7.29. The van der Waals surface area contributed by atoms with Crippen LogP contribution >= 0.6 is 0 Å². The number of β-amino-alcohol motifs (C(OH)–C–C–N with tert-alkyl or cyclic N) is 1. The lowest BCUT2D eigenvalue weighted by atomic mass is 9.89. The van der Waals surface area contributed by atoms with Crippen LogP contribution in [0, 0.1) is 0 Å². The van der Waals surface area contributed by atoms with Gasteiger partial charge in [-0.05, 0) is 20.3 Å². The van der Waals surface area contributed by atoms with Gasteiger partial charge in [0.1, 0.15) is 0 Å². The van der Waals surface area contributed by atoms with Gasteiger partial charge in [-0.15, -0.1) is 0 Å². The zero-order chi connectivity index (χ0) is 12.4. The smallest absolute Gasteiger partial charge is 0.153 e. The third kappa shape index (κ3) is 3.43. The summed E-state index contributed by atoms with van der Waals surface area (Å²) in [6.45, 7) is 7.25. The topological polar surface area (TPSA) is 57.6 Å². The van der Waals surface area contributed by atoms with Crippen molar-refractivity contribution in [2.45, 2.75) is 44.5 Å². The van der Waals surface area contributed by atoms with E-state index < -0.39 is 15.4 Å². The van der Waals surface area contributed by atoms with Crippen LogP contribution in [0.5, 0.6) is 0 Å². The van der Waals surface area contributed by atoms with Crippen LogP contribution in [0.25, 0.3) is 0 Å². The lowest BCUT2D eigenvalue weighted by molar-refractivity contribution is -0.100. The Morgan fingerprint density at radius 2 is 1.94 bits per heavy atom. The van der Waals surface area contributed by atoms with Crippen LogP contribution in [-0.2, 0) is 9.84 Å². The highest BCUT2D eigenvalue weighted by Gasteiger charge is 2.40. The SMILES string of the molecule is CCCC1(O)CN(CCS(=O)(=O)C(C)C)C1. The Bertz CT molecular complexity index is 318. The normalized spacial score (nSPS) is 21.1. The van der Waals surface area contributed by atoms with Gasteiger partial charge in [0.05, 0.1) is 16.6 Å². The van der Waals surface area contributed by atoms with Gasteiger partial charge in [-0.1, -0.05) is 13.3 Å². The number of nitrogens with zero attached hydrogens (tertiary/aromatic N) is 1. The van der Waals surface area contributed by atoms with E-state index in [1.165, 1.54) is 0 Å². The second kappa shape index (κ2) is 5.02. The molecule has 0 aromatic heterocycles. The van der Waals surface area contributed by atoms with Gasteiger partial charge < -0.3 is 5.11 Å². The van der Waals surface area contributed by atoms with Gasteiger partial charge in [-0.2, -0.15) is 0 Å². The van der Waals surface area contributed by atoms with Gasteiger partial charge >= 0.3 is 0 Å². The van der Waals surface area contributed by atoms with Crippen molar-refractivity contribution >= 4 is 9.84 Å². The number of likely N-dealkylation sites (tertiary alicyclic amines) is 1. The maximum atomic E-state index is 11.6. The number of sulfone groups is 1. The molecular formula is C11H23NO3S. The second-order valence-electron chi connectivity index (χ2n) is 5.10. The summed E-state index contributed by atoms with van der Waals surface area (Å²) >= 11 is 0. The van der Waals surface area contributed by atoms with E-state index in [4.69, 9.17) is 0 Å². The van der Waals surface area contributed by atoms with Gasteiger partial charge in [-0.3, -0.25) is 4.90 Å². The van der Waals surface area contributed by atoms with Gasteiger partial charge in [-0.25, -0.2) is 8.42 Å². The number of aliphatic hydroxyl groups is 1. The molecule has 0 aromatic carbocycles. The molecule has 1 N–H and O–H groups in total. The fourth-order valence-electron chi connectivity index (χ4n) is 2.06. The number of hydrogen-bond acceptors (Lipinski definition) is 4. The molecule has 1 fully saturated rings. The molecule has 1 aliphatic rings. The summed E-state index contributed by atoms with van der Waals surface area (Å²) in [7, 11) is -2.94. The molecule has 1 aliphatic heterocycles. The van der Waals surface area contributed by atoms with Crippen molar-refractivity contribution in [2.24, 2.45) is 0 Å². The monoisotopic (exact) mass is 249 g/mol. The molecule has 4 nitrogen and oxygen atoms in total. The molecule has 1 saturated heterocycles. The van der Waals surface area contributed by atoms with E-state index in [1.54, 1.807) is 13.8 Å². The van der Waals surface area contributed by atoms with Gasteiger partial charge in [0, 0.05) is 19.6 Å². The van der Waals surface area contributed by atoms with Crippen LogP contribution < -0.4 is 0 Å². The first-order valence-corrected chi connectivity index (χ1v) is 7.67. The first-order valence-electron chi connectivity index (χ1n) is 5.95. The molecule has 0 bridgehead atoms. The van der Waals surface area contributed by atoms with E-state index in [1.807, 2.05) is 11.8 Å². The standard InChI is InChI=1S/C11H23NO3S/c1-4-5-11(13)8-12(9-11)6-7-16(14,15)10(2)3/h10,13H,4-9H2,1-3H3. The summed E-state index contributed by atoms with van der Waals surface area (Å²) < 4.78 is 23.1. The molecule has 16 heavy (non-hydrogen) atoms. The van der Waals surface area contributed by atoms with Gasteiger partial charge in [0.2, 0.25) is 0 Å². The Labute approximate surface area is 98.6 Å². The van der Waals surface area contributed by atoms with Crippen LogP contribution in [0.4, 0.5) is 0 Å². The van der Waals surface area contributed by atoms with E-state index in [-0.39, 0.29) is 11.0 Å². The largest absolute Gasteiger partial charge is 0.387 e. The number of hydrogen-bond donors (Lipinski definition) is 1. The highest BCUT2D eigenvalue weighted by atomic mass is 32.2. The van der Waals surface area contributed by atoms with Crippen LogP contribution in [0.1, 0.15) is 33.6 Å². The van der Waals surface area contributed by atoms with Gasteiger partial charge in [0.15, 0.2) is 9.84 Å². The molecule has 0 unspecified atom stereocenters. The van der Waals surface area contributed by atoms with E-state index in [2.05, 4.69) is 0 Å². The Hall–Kier alpha value is -0.130. The van der Waals surface area contributed by atoms with E-state index in [0.717, 1.165) is 12.8 Å². The lowest BCUT2D eigenvalue weighted by Gasteiger charge is -2.46. The quantitative estimate of drug-likeness (QED) is 0.751. The molecular weight excluding hydrogens is 226 g/mol. The van der Waals surface area contributed by atoms with Crippen LogP contribution in [0.3, 0.4) is 0 Å². The zero-order valence-corrected chi connectivity index (χ0v) is 11.3. The Balaban J connectivity index is 2.29. The van der Waals surface area contributed by atoms with Crippen molar-refractivity contribution in [1.82, 2.24) is 4.90 Å². The molecule has 96 valence electrons. The Morgan fingerprint density at radius 1 is 1.38 bits per heavy atom. The summed E-state index contributed by atoms with van der Waals surface area (Å²) in [5, 5.41) is 9.63. The molecule has 0 spiro atoms.